The lowest BCUT2D eigenvalue weighted by Crippen LogP contribution is -2.33. The molecule has 1 N–H and O–H groups in total. The average molecular weight is 427 g/mol. The van der Waals surface area contributed by atoms with Crippen LogP contribution in [-0.2, 0) is 4.79 Å². The van der Waals surface area contributed by atoms with E-state index < -0.39 is 11.7 Å². The van der Waals surface area contributed by atoms with Crippen LogP contribution in [0.4, 0.5) is 11.4 Å². The molecule has 0 atom stereocenters. The van der Waals surface area contributed by atoms with Crippen LogP contribution < -0.4 is 19.3 Å². The Morgan fingerprint density at radius 1 is 0.812 bits per heavy atom. The lowest BCUT2D eigenvalue weighted by Gasteiger charge is -2.20. The number of methoxy groups -OCH3 is 2. The van der Waals surface area contributed by atoms with Crippen molar-refractivity contribution >= 4 is 29.0 Å². The molecular formula is C25H21N3O4. The topological polar surface area (TPSA) is 82.9 Å². The number of nitrogens with one attached hydrogen (secondary N) is 1. The minimum absolute atomic E-state index is 0.0567. The molecule has 0 unspecified atom stereocenters. The molecule has 0 saturated carbocycles. The molecule has 4 rings (SSSR count). The molecular weight excluding hydrogens is 406 g/mol. The highest BCUT2D eigenvalue weighted by molar-refractivity contribution is 6.36. The van der Waals surface area contributed by atoms with E-state index in [0.29, 0.717) is 28.4 Å². The van der Waals surface area contributed by atoms with Gasteiger partial charge in [-0.15, -0.1) is 0 Å². The minimum atomic E-state index is -0.459. The largest absolute Gasteiger partial charge is 0.493 e. The van der Waals surface area contributed by atoms with Crippen molar-refractivity contribution in [2.24, 2.45) is 0 Å². The van der Waals surface area contributed by atoms with Crippen molar-refractivity contribution < 1.29 is 19.1 Å². The standard InChI is InChI=1S/C25H21N3O4/c1-31-22-14-13-17(15-23(22)32-2)21(29)16-20-24(30)28(19-11-7-4-8-12-19)25(26)27(20)18-9-5-3-6-10-18/h3-16,26H,1-2H3/b20-16-,26-25?. The first-order valence-corrected chi connectivity index (χ1v) is 9.86. The first-order valence-electron chi connectivity index (χ1n) is 9.86. The number of anilines is 2. The van der Waals surface area contributed by atoms with E-state index in [2.05, 4.69) is 0 Å². The van der Waals surface area contributed by atoms with E-state index in [1.54, 1.807) is 54.6 Å². The lowest BCUT2D eigenvalue weighted by atomic mass is 10.1. The van der Waals surface area contributed by atoms with E-state index in [9.17, 15) is 9.59 Å². The van der Waals surface area contributed by atoms with Crippen molar-refractivity contribution in [3.8, 4) is 11.5 Å². The molecule has 0 bridgehead atoms. The summed E-state index contributed by atoms with van der Waals surface area (Å²) in [5, 5.41) is 8.71. The van der Waals surface area contributed by atoms with Gasteiger partial charge in [0.05, 0.1) is 19.9 Å². The van der Waals surface area contributed by atoms with Gasteiger partial charge in [0, 0.05) is 17.3 Å². The van der Waals surface area contributed by atoms with Gasteiger partial charge in [-0.2, -0.15) is 0 Å². The maximum atomic E-state index is 13.4. The Hall–Kier alpha value is -4.39. The van der Waals surface area contributed by atoms with Gasteiger partial charge in [0.1, 0.15) is 5.70 Å². The van der Waals surface area contributed by atoms with Crippen molar-refractivity contribution in [1.29, 1.82) is 5.41 Å². The zero-order valence-electron chi connectivity index (χ0n) is 17.6. The van der Waals surface area contributed by atoms with E-state index in [1.165, 1.54) is 30.1 Å². The number of carbonyl (C=O) groups excluding carboxylic acids is 2. The smallest absolute Gasteiger partial charge is 0.282 e. The number of hydrogen-bond donors (Lipinski definition) is 1. The molecule has 1 aliphatic heterocycles. The second-order valence-electron chi connectivity index (χ2n) is 6.93. The molecule has 1 heterocycles. The van der Waals surface area contributed by atoms with Crippen molar-refractivity contribution in [2.45, 2.75) is 0 Å². The summed E-state index contributed by atoms with van der Waals surface area (Å²) in [6.45, 7) is 0. The zero-order valence-corrected chi connectivity index (χ0v) is 17.6. The Kier molecular flexibility index (Phi) is 5.72. The molecule has 0 aromatic heterocycles. The summed E-state index contributed by atoms with van der Waals surface area (Å²) in [6, 6.07) is 22.7. The molecule has 1 aliphatic rings. The molecule has 0 radical (unpaired) electrons. The zero-order chi connectivity index (χ0) is 22.7. The Balaban J connectivity index is 1.79. The highest BCUT2D eigenvalue weighted by Crippen LogP contribution is 2.32. The monoisotopic (exact) mass is 427 g/mol. The van der Waals surface area contributed by atoms with Gasteiger partial charge in [-0.3, -0.25) is 19.9 Å². The minimum Gasteiger partial charge on any atom is -0.493 e. The van der Waals surface area contributed by atoms with E-state index in [4.69, 9.17) is 14.9 Å². The Bertz CT molecular complexity index is 1210. The van der Waals surface area contributed by atoms with Gasteiger partial charge in [0.15, 0.2) is 17.3 Å². The van der Waals surface area contributed by atoms with E-state index in [0.717, 1.165) is 0 Å². The molecule has 0 aliphatic carbocycles. The van der Waals surface area contributed by atoms with Crippen LogP contribution in [0.3, 0.4) is 0 Å². The molecule has 160 valence electrons. The molecule has 0 spiro atoms. The fourth-order valence-electron chi connectivity index (χ4n) is 3.50. The summed E-state index contributed by atoms with van der Waals surface area (Å²) in [5.41, 5.74) is 1.58. The van der Waals surface area contributed by atoms with Crippen molar-refractivity contribution in [2.75, 3.05) is 24.0 Å². The molecule has 3 aromatic carbocycles. The normalized spacial score (nSPS) is 14.8. The van der Waals surface area contributed by atoms with Crippen molar-refractivity contribution in [1.82, 2.24) is 0 Å². The molecule has 1 amide bonds. The Morgan fingerprint density at radius 2 is 1.38 bits per heavy atom. The third-order valence-corrected chi connectivity index (χ3v) is 5.05. The fourth-order valence-corrected chi connectivity index (χ4v) is 3.50. The SMILES string of the molecule is COc1ccc(C(=O)/C=C2/C(=O)N(c3ccccc3)C(=N)N2c2ccccc2)cc1OC. The summed E-state index contributed by atoms with van der Waals surface area (Å²) in [6.07, 6.45) is 1.26. The van der Waals surface area contributed by atoms with Crippen LogP contribution >= 0.6 is 0 Å². The Morgan fingerprint density at radius 3 is 1.94 bits per heavy atom. The number of guanidine groups is 1. The third-order valence-electron chi connectivity index (χ3n) is 5.05. The van der Waals surface area contributed by atoms with Crippen LogP contribution in [0.25, 0.3) is 0 Å². The maximum Gasteiger partial charge on any atom is 0.282 e. The van der Waals surface area contributed by atoms with E-state index in [-0.39, 0.29) is 11.7 Å². The summed E-state index contributed by atoms with van der Waals surface area (Å²) in [7, 11) is 3.00. The summed E-state index contributed by atoms with van der Waals surface area (Å²) in [5.74, 6) is 0.000226. The molecule has 32 heavy (non-hydrogen) atoms. The number of carbonyl (C=O) groups is 2. The van der Waals surface area contributed by atoms with Crippen molar-refractivity contribution in [3.63, 3.8) is 0 Å². The average Bonchev–Trinajstić information content (AvgIpc) is 3.08. The first-order chi connectivity index (χ1) is 15.5. The van der Waals surface area contributed by atoms with Gasteiger partial charge in [-0.05, 0) is 42.5 Å². The number of para-hydroxylation sites is 2. The van der Waals surface area contributed by atoms with Crippen LogP contribution in [0.5, 0.6) is 11.5 Å². The van der Waals surface area contributed by atoms with E-state index >= 15 is 0 Å². The van der Waals surface area contributed by atoms with E-state index in [1.807, 2.05) is 24.3 Å². The molecule has 1 fully saturated rings. The quantitative estimate of drug-likeness (QED) is 0.470. The second-order valence-corrected chi connectivity index (χ2v) is 6.93. The Labute approximate surface area is 185 Å². The number of amides is 1. The number of nitrogens with zero attached hydrogens (tertiary/aromatic N) is 2. The number of rotatable bonds is 6. The van der Waals surface area contributed by atoms with Gasteiger partial charge in [0.2, 0.25) is 5.96 Å². The second kappa shape index (κ2) is 8.77. The third kappa shape index (κ3) is 3.72. The van der Waals surface area contributed by atoms with Crippen LogP contribution in [0.15, 0.2) is 90.6 Å². The predicted octanol–water partition coefficient (Wildman–Crippen LogP) is 4.26. The summed E-state index contributed by atoms with van der Waals surface area (Å²) >= 11 is 0. The van der Waals surface area contributed by atoms with Gasteiger partial charge in [0.25, 0.3) is 5.91 Å². The van der Waals surface area contributed by atoms with Crippen molar-refractivity contribution in [3.05, 3.63) is 96.2 Å². The van der Waals surface area contributed by atoms with Gasteiger partial charge in [-0.25, -0.2) is 4.90 Å². The van der Waals surface area contributed by atoms with Crippen LogP contribution in [0.2, 0.25) is 0 Å². The number of allylic oxidation sites excluding steroid dienone is 1. The molecule has 7 nitrogen and oxygen atoms in total. The van der Waals surface area contributed by atoms with Gasteiger partial charge in [-0.1, -0.05) is 36.4 Å². The lowest BCUT2D eigenvalue weighted by molar-refractivity contribution is -0.113. The van der Waals surface area contributed by atoms with Crippen LogP contribution in [0.1, 0.15) is 10.4 Å². The van der Waals surface area contributed by atoms with Crippen LogP contribution in [0, 0.1) is 5.41 Å². The number of ether oxygens (including phenoxy) is 2. The van der Waals surface area contributed by atoms with Gasteiger partial charge < -0.3 is 9.47 Å². The highest BCUT2D eigenvalue weighted by Gasteiger charge is 2.40. The first kappa shape index (κ1) is 20.9. The number of benzene rings is 3. The number of ketones is 1. The summed E-state index contributed by atoms with van der Waals surface area (Å²) in [4.78, 5) is 29.2. The number of hydrogen-bond acceptors (Lipinski definition) is 5. The predicted molar refractivity (Wildman–Crippen MR) is 123 cm³/mol. The van der Waals surface area contributed by atoms with Gasteiger partial charge >= 0.3 is 0 Å². The fraction of sp³-hybridized carbons (Fsp3) is 0.0800. The van der Waals surface area contributed by atoms with Crippen LogP contribution in [-0.4, -0.2) is 31.9 Å². The maximum absolute atomic E-state index is 13.4. The molecule has 1 saturated heterocycles. The highest BCUT2D eigenvalue weighted by atomic mass is 16.5. The molecule has 7 heteroatoms. The molecule has 3 aromatic rings. The summed E-state index contributed by atoms with van der Waals surface area (Å²) < 4.78 is 10.5.